The molecule has 1 aromatic carbocycles. The summed E-state index contributed by atoms with van der Waals surface area (Å²) < 4.78 is 5.40. The average molecular weight is 332 g/mol. The number of hydrogen-bond acceptors (Lipinski definition) is 5. The zero-order valence-corrected chi connectivity index (χ0v) is 13.4. The van der Waals surface area contributed by atoms with Crippen LogP contribution in [0.4, 0.5) is 4.79 Å². The molecule has 8 nitrogen and oxygen atoms in total. The molecule has 128 valence electrons. The van der Waals surface area contributed by atoms with E-state index in [0.717, 1.165) is 10.5 Å². The number of nitrogens with one attached hydrogen (secondary N) is 2. The van der Waals surface area contributed by atoms with Crippen molar-refractivity contribution in [2.24, 2.45) is 0 Å². The summed E-state index contributed by atoms with van der Waals surface area (Å²) in [5.74, 6) is 0.0779. The zero-order valence-electron chi connectivity index (χ0n) is 13.4. The summed E-state index contributed by atoms with van der Waals surface area (Å²) in [5.41, 5.74) is 0.901. The highest BCUT2D eigenvalue weighted by Gasteiger charge is 2.35. The van der Waals surface area contributed by atoms with Gasteiger partial charge in [-0.25, -0.2) is 4.79 Å². The van der Waals surface area contributed by atoms with E-state index in [1.165, 1.54) is 0 Å². The maximum Gasteiger partial charge on any atom is 0.325 e. The highest BCUT2D eigenvalue weighted by atomic mass is 16.5. The normalized spacial score (nSPS) is 21.0. The number of piperazine rings is 1. The van der Waals surface area contributed by atoms with Crippen molar-refractivity contribution >= 4 is 17.8 Å². The first kappa shape index (κ1) is 16.3. The molecule has 2 fully saturated rings. The van der Waals surface area contributed by atoms with Gasteiger partial charge >= 0.3 is 6.03 Å². The van der Waals surface area contributed by atoms with Crippen LogP contribution in [-0.4, -0.2) is 67.5 Å². The number of amides is 4. The lowest BCUT2D eigenvalue weighted by Gasteiger charge is -2.37. The summed E-state index contributed by atoms with van der Waals surface area (Å²) in [6, 6.07) is 6.82. The molecule has 3 rings (SSSR count). The summed E-state index contributed by atoms with van der Waals surface area (Å²) in [6.07, 6.45) is 0. The highest BCUT2D eigenvalue weighted by molar-refractivity contribution is 6.04. The van der Waals surface area contributed by atoms with Crippen LogP contribution in [0.5, 0.6) is 5.75 Å². The maximum atomic E-state index is 12.7. The summed E-state index contributed by atoms with van der Waals surface area (Å²) >= 11 is 0. The molecule has 1 aromatic rings. The first-order valence-electron chi connectivity index (χ1n) is 7.83. The molecule has 2 N–H and O–H groups in total. The van der Waals surface area contributed by atoms with Crippen molar-refractivity contribution in [2.75, 3.05) is 39.8 Å². The fraction of sp³-hybridized carbons (Fsp3) is 0.438. The second-order valence-electron chi connectivity index (χ2n) is 5.69. The number of urea groups is 1. The average Bonchev–Trinajstić information content (AvgIpc) is 2.93. The lowest BCUT2D eigenvalue weighted by Crippen LogP contribution is -2.52. The second kappa shape index (κ2) is 6.88. The van der Waals surface area contributed by atoms with Gasteiger partial charge in [-0.1, -0.05) is 18.2 Å². The summed E-state index contributed by atoms with van der Waals surface area (Å²) in [4.78, 5) is 38.7. The smallest absolute Gasteiger partial charge is 0.325 e. The third-order valence-electron chi connectivity index (χ3n) is 4.29. The lowest BCUT2D eigenvalue weighted by atomic mass is 10.0. The molecule has 2 aliphatic heterocycles. The number of carbonyl (C=O) groups is 3. The first-order valence-corrected chi connectivity index (χ1v) is 7.83. The van der Waals surface area contributed by atoms with E-state index in [4.69, 9.17) is 4.74 Å². The van der Waals surface area contributed by atoms with Gasteiger partial charge in [0.15, 0.2) is 0 Å². The molecule has 0 bridgehead atoms. The Kier molecular flexibility index (Phi) is 4.66. The van der Waals surface area contributed by atoms with Crippen molar-refractivity contribution in [1.82, 2.24) is 20.4 Å². The largest absolute Gasteiger partial charge is 0.496 e. The Morgan fingerprint density at radius 1 is 1.33 bits per heavy atom. The number of para-hydroxylation sites is 1. The van der Waals surface area contributed by atoms with E-state index >= 15 is 0 Å². The topological polar surface area (TPSA) is 91.0 Å². The van der Waals surface area contributed by atoms with Gasteiger partial charge in [0.25, 0.3) is 5.91 Å². The molecular weight excluding hydrogens is 312 g/mol. The minimum absolute atomic E-state index is 0.0520. The quantitative estimate of drug-likeness (QED) is 0.740. The van der Waals surface area contributed by atoms with Gasteiger partial charge < -0.3 is 20.3 Å². The summed E-state index contributed by atoms with van der Waals surface area (Å²) in [5, 5.41) is 5.69. The van der Waals surface area contributed by atoms with Crippen molar-refractivity contribution < 1.29 is 19.1 Å². The Bertz CT molecular complexity index is 647. The van der Waals surface area contributed by atoms with Gasteiger partial charge in [0.2, 0.25) is 5.91 Å². The maximum absolute atomic E-state index is 12.7. The van der Waals surface area contributed by atoms with Crippen LogP contribution in [0.15, 0.2) is 24.3 Å². The van der Waals surface area contributed by atoms with E-state index in [2.05, 4.69) is 10.6 Å². The standard InChI is InChI=1S/C16H20N4O4/c1-24-13-5-3-2-4-11(13)12-8-17-6-7-19(12)15(22)10-20-14(21)9-18-16(20)23/h2-5,12,17H,6-10H2,1H3,(H,18,23). The van der Waals surface area contributed by atoms with Gasteiger partial charge in [0, 0.05) is 25.2 Å². The molecule has 8 heteroatoms. The van der Waals surface area contributed by atoms with Crippen molar-refractivity contribution in [2.45, 2.75) is 6.04 Å². The molecule has 1 atom stereocenters. The van der Waals surface area contributed by atoms with E-state index in [0.29, 0.717) is 25.4 Å². The molecule has 0 aliphatic carbocycles. The van der Waals surface area contributed by atoms with Crippen LogP contribution >= 0.6 is 0 Å². The molecule has 4 amide bonds. The number of imide groups is 1. The van der Waals surface area contributed by atoms with Gasteiger partial charge in [-0.05, 0) is 6.07 Å². The van der Waals surface area contributed by atoms with Crippen molar-refractivity contribution in [3.05, 3.63) is 29.8 Å². The Balaban J connectivity index is 1.80. The van der Waals surface area contributed by atoms with E-state index in [9.17, 15) is 14.4 Å². The summed E-state index contributed by atoms with van der Waals surface area (Å²) in [6.45, 7) is 1.47. The molecule has 0 spiro atoms. The minimum Gasteiger partial charge on any atom is -0.496 e. The van der Waals surface area contributed by atoms with E-state index in [-0.39, 0.29) is 30.9 Å². The predicted octanol–water partition coefficient (Wildman–Crippen LogP) is -0.280. The van der Waals surface area contributed by atoms with E-state index in [1.54, 1.807) is 12.0 Å². The highest BCUT2D eigenvalue weighted by Crippen LogP contribution is 2.30. The number of benzene rings is 1. The number of hydrogen-bond donors (Lipinski definition) is 2. The van der Waals surface area contributed by atoms with Crippen LogP contribution in [0, 0.1) is 0 Å². The van der Waals surface area contributed by atoms with Crippen LogP contribution in [0.1, 0.15) is 11.6 Å². The number of rotatable bonds is 4. The third-order valence-corrected chi connectivity index (χ3v) is 4.29. The molecule has 0 aromatic heterocycles. The van der Waals surface area contributed by atoms with E-state index < -0.39 is 6.03 Å². The molecule has 2 aliphatic rings. The number of ether oxygens (including phenoxy) is 1. The number of nitrogens with zero attached hydrogens (tertiary/aromatic N) is 2. The fourth-order valence-electron chi connectivity index (χ4n) is 3.06. The lowest BCUT2D eigenvalue weighted by molar-refractivity contribution is -0.139. The van der Waals surface area contributed by atoms with Gasteiger partial charge in [0.1, 0.15) is 12.3 Å². The Labute approximate surface area is 139 Å². The van der Waals surface area contributed by atoms with Crippen LogP contribution in [0.3, 0.4) is 0 Å². The number of carbonyl (C=O) groups excluding carboxylic acids is 3. The van der Waals surface area contributed by atoms with Crippen LogP contribution in [0.25, 0.3) is 0 Å². The Hall–Kier alpha value is -2.61. The monoisotopic (exact) mass is 332 g/mol. The van der Waals surface area contributed by atoms with Crippen molar-refractivity contribution in [1.29, 1.82) is 0 Å². The molecule has 0 saturated carbocycles. The molecule has 0 radical (unpaired) electrons. The predicted molar refractivity (Wildman–Crippen MR) is 85.4 cm³/mol. The van der Waals surface area contributed by atoms with Crippen LogP contribution < -0.4 is 15.4 Å². The van der Waals surface area contributed by atoms with Gasteiger partial charge in [-0.2, -0.15) is 0 Å². The zero-order chi connectivity index (χ0) is 17.1. The van der Waals surface area contributed by atoms with Crippen molar-refractivity contribution in [3.8, 4) is 5.75 Å². The van der Waals surface area contributed by atoms with Crippen LogP contribution in [0.2, 0.25) is 0 Å². The molecule has 2 heterocycles. The molecular formula is C16H20N4O4. The SMILES string of the molecule is COc1ccccc1C1CNCCN1C(=O)CN1C(=O)CNC1=O. The van der Waals surface area contributed by atoms with Crippen LogP contribution in [-0.2, 0) is 9.59 Å². The summed E-state index contributed by atoms with van der Waals surface area (Å²) in [7, 11) is 1.59. The Morgan fingerprint density at radius 2 is 2.12 bits per heavy atom. The first-order chi connectivity index (χ1) is 11.6. The van der Waals surface area contributed by atoms with E-state index in [1.807, 2.05) is 24.3 Å². The molecule has 2 saturated heterocycles. The molecule has 1 unspecified atom stereocenters. The third kappa shape index (κ3) is 3.05. The van der Waals surface area contributed by atoms with Crippen molar-refractivity contribution in [3.63, 3.8) is 0 Å². The fourth-order valence-corrected chi connectivity index (χ4v) is 3.06. The molecule has 24 heavy (non-hydrogen) atoms. The second-order valence-corrected chi connectivity index (χ2v) is 5.69. The minimum atomic E-state index is -0.516. The Morgan fingerprint density at radius 3 is 2.83 bits per heavy atom. The van der Waals surface area contributed by atoms with Gasteiger partial charge in [0.05, 0.1) is 19.7 Å². The van der Waals surface area contributed by atoms with Gasteiger partial charge in [-0.15, -0.1) is 0 Å². The van der Waals surface area contributed by atoms with Gasteiger partial charge in [-0.3, -0.25) is 14.5 Å². The number of methoxy groups -OCH3 is 1.